The Morgan fingerprint density at radius 1 is 1.42 bits per heavy atom. The molecule has 1 heterocycles. The Labute approximate surface area is 73.3 Å². The smallest absolute Gasteiger partial charge is 0.151 e. The molecule has 2 aliphatic rings. The van der Waals surface area contributed by atoms with Crippen molar-refractivity contribution in [3.8, 4) is 0 Å². The predicted octanol–water partition coefficient (Wildman–Crippen LogP) is 1.92. The third-order valence-electron chi connectivity index (χ3n) is 3.63. The molecular formula is C10H16O2. The maximum atomic E-state index is 10.7. The standard InChI is InChI=1S/C10H16O2/c1-8-3-4-10(8)6-5-9(2,7-11)12-10/h7-8H,3-6H2,1-2H3. The minimum Gasteiger partial charge on any atom is -0.361 e. The fraction of sp³-hybridized carbons (Fsp3) is 0.900. The van der Waals surface area contributed by atoms with Crippen LogP contribution >= 0.6 is 0 Å². The van der Waals surface area contributed by atoms with Crippen LogP contribution in [0.4, 0.5) is 0 Å². The van der Waals surface area contributed by atoms with Gasteiger partial charge in [0.25, 0.3) is 0 Å². The van der Waals surface area contributed by atoms with E-state index in [4.69, 9.17) is 4.74 Å². The average Bonchev–Trinajstić information content (AvgIpc) is 2.45. The Hall–Kier alpha value is -0.370. The van der Waals surface area contributed by atoms with Gasteiger partial charge >= 0.3 is 0 Å². The van der Waals surface area contributed by atoms with Gasteiger partial charge in [0.1, 0.15) is 5.60 Å². The molecule has 3 atom stereocenters. The second-order valence-corrected chi connectivity index (χ2v) is 4.54. The molecule has 12 heavy (non-hydrogen) atoms. The maximum Gasteiger partial charge on any atom is 0.151 e. The zero-order valence-corrected chi connectivity index (χ0v) is 7.80. The van der Waals surface area contributed by atoms with Crippen LogP contribution in [-0.2, 0) is 9.53 Å². The highest BCUT2D eigenvalue weighted by Crippen LogP contribution is 2.52. The van der Waals surface area contributed by atoms with Gasteiger partial charge in [0.05, 0.1) is 5.60 Å². The SMILES string of the molecule is CC1CCC12CCC(C)(C=O)O2. The van der Waals surface area contributed by atoms with Crippen LogP contribution in [0.1, 0.15) is 39.5 Å². The molecule has 1 saturated carbocycles. The van der Waals surface area contributed by atoms with Crippen LogP contribution in [0.2, 0.25) is 0 Å². The van der Waals surface area contributed by atoms with Crippen molar-refractivity contribution in [2.75, 3.05) is 0 Å². The Balaban J connectivity index is 2.11. The molecule has 1 aliphatic carbocycles. The second-order valence-electron chi connectivity index (χ2n) is 4.54. The lowest BCUT2D eigenvalue weighted by Gasteiger charge is -2.45. The van der Waals surface area contributed by atoms with Crippen molar-refractivity contribution in [2.24, 2.45) is 5.92 Å². The Kier molecular flexibility index (Phi) is 1.59. The third-order valence-corrected chi connectivity index (χ3v) is 3.63. The monoisotopic (exact) mass is 168 g/mol. The lowest BCUT2D eigenvalue weighted by atomic mass is 9.69. The summed E-state index contributed by atoms with van der Waals surface area (Å²) in [5.41, 5.74) is -0.398. The summed E-state index contributed by atoms with van der Waals surface area (Å²) < 4.78 is 5.87. The number of hydrogen-bond acceptors (Lipinski definition) is 2. The second kappa shape index (κ2) is 2.32. The van der Waals surface area contributed by atoms with Crippen LogP contribution in [0.5, 0.6) is 0 Å². The van der Waals surface area contributed by atoms with Crippen molar-refractivity contribution in [3.63, 3.8) is 0 Å². The van der Waals surface area contributed by atoms with Gasteiger partial charge in [0.15, 0.2) is 6.29 Å². The molecule has 3 unspecified atom stereocenters. The topological polar surface area (TPSA) is 26.3 Å². The van der Waals surface area contributed by atoms with Gasteiger partial charge in [-0.2, -0.15) is 0 Å². The molecule has 0 aromatic carbocycles. The Morgan fingerprint density at radius 3 is 2.42 bits per heavy atom. The Morgan fingerprint density at radius 2 is 2.17 bits per heavy atom. The van der Waals surface area contributed by atoms with Crippen molar-refractivity contribution < 1.29 is 9.53 Å². The molecule has 1 spiro atoms. The number of aldehydes is 1. The first kappa shape index (κ1) is 8.24. The third kappa shape index (κ3) is 0.939. The van der Waals surface area contributed by atoms with Gasteiger partial charge in [-0.25, -0.2) is 0 Å². The van der Waals surface area contributed by atoms with E-state index in [0.29, 0.717) is 5.92 Å². The molecule has 2 fully saturated rings. The van der Waals surface area contributed by atoms with E-state index in [1.807, 2.05) is 6.92 Å². The predicted molar refractivity (Wildman–Crippen MR) is 45.9 cm³/mol. The van der Waals surface area contributed by atoms with Gasteiger partial charge in [0.2, 0.25) is 0 Å². The highest BCUT2D eigenvalue weighted by atomic mass is 16.5. The zero-order valence-electron chi connectivity index (χ0n) is 7.80. The summed E-state index contributed by atoms with van der Waals surface area (Å²) in [6.07, 6.45) is 5.35. The largest absolute Gasteiger partial charge is 0.361 e. The lowest BCUT2D eigenvalue weighted by molar-refractivity contribution is -0.168. The molecule has 0 bridgehead atoms. The van der Waals surface area contributed by atoms with Gasteiger partial charge in [-0.3, -0.25) is 0 Å². The van der Waals surface area contributed by atoms with E-state index >= 15 is 0 Å². The Bertz CT molecular complexity index is 214. The van der Waals surface area contributed by atoms with Crippen LogP contribution in [0.15, 0.2) is 0 Å². The summed E-state index contributed by atoms with van der Waals surface area (Å²) in [6, 6.07) is 0. The minimum atomic E-state index is -0.478. The molecule has 2 heteroatoms. The highest BCUT2D eigenvalue weighted by Gasteiger charge is 2.54. The van der Waals surface area contributed by atoms with Gasteiger partial charge < -0.3 is 9.53 Å². The number of hydrogen-bond donors (Lipinski definition) is 0. The molecule has 0 amide bonds. The summed E-state index contributed by atoms with van der Waals surface area (Å²) >= 11 is 0. The fourth-order valence-electron chi connectivity index (χ4n) is 2.39. The van der Waals surface area contributed by atoms with Crippen LogP contribution in [0.25, 0.3) is 0 Å². The fourth-order valence-corrected chi connectivity index (χ4v) is 2.39. The maximum absolute atomic E-state index is 10.7. The van der Waals surface area contributed by atoms with Crippen LogP contribution in [0, 0.1) is 5.92 Å². The van der Waals surface area contributed by atoms with Gasteiger partial charge in [-0.05, 0) is 38.5 Å². The molecule has 0 N–H and O–H groups in total. The van der Waals surface area contributed by atoms with Crippen molar-refractivity contribution in [2.45, 2.75) is 50.7 Å². The van der Waals surface area contributed by atoms with Gasteiger partial charge in [-0.15, -0.1) is 0 Å². The van der Waals surface area contributed by atoms with E-state index < -0.39 is 5.60 Å². The number of carbonyl (C=O) groups is 1. The zero-order chi connectivity index (χ0) is 8.82. The minimum absolute atomic E-state index is 0.0790. The lowest BCUT2D eigenvalue weighted by Crippen LogP contribution is -2.47. The number of ether oxygens (including phenoxy) is 1. The molecule has 2 rings (SSSR count). The quantitative estimate of drug-likeness (QED) is 0.559. The number of carbonyl (C=O) groups excluding carboxylic acids is 1. The summed E-state index contributed by atoms with van der Waals surface area (Å²) in [6.45, 7) is 4.12. The van der Waals surface area contributed by atoms with E-state index in [2.05, 4.69) is 6.92 Å². The first-order valence-electron chi connectivity index (χ1n) is 4.77. The first-order valence-corrected chi connectivity index (χ1v) is 4.77. The number of rotatable bonds is 1. The molecule has 0 aromatic heterocycles. The molecule has 1 saturated heterocycles. The van der Waals surface area contributed by atoms with Crippen LogP contribution in [-0.4, -0.2) is 17.5 Å². The molecule has 2 nitrogen and oxygen atoms in total. The molecule has 68 valence electrons. The first-order chi connectivity index (χ1) is 5.60. The summed E-state index contributed by atoms with van der Waals surface area (Å²) in [5, 5.41) is 0. The van der Waals surface area contributed by atoms with Gasteiger partial charge in [-0.1, -0.05) is 6.92 Å². The normalized spacial score (nSPS) is 52.3. The molecular weight excluding hydrogens is 152 g/mol. The van der Waals surface area contributed by atoms with E-state index in [9.17, 15) is 4.79 Å². The van der Waals surface area contributed by atoms with E-state index in [1.54, 1.807) is 0 Å². The van der Waals surface area contributed by atoms with Gasteiger partial charge in [0, 0.05) is 0 Å². The van der Waals surface area contributed by atoms with Crippen LogP contribution < -0.4 is 0 Å². The van der Waals surface area contributed by atoms with Crippen molar-refractivity contribution in [3.05, 3.63) is 0 Å². The highest BCUT2D eigenvalue weighted by molar-refractivity contribution is 5.62. The molecule has 1 aliphatic heterocycles. The van der Waals surface area contributed by atoms with Crippen molar-refractivity contribution in [1.82, 2.24) is 0 Å². The summed E-state index contributed by atoms with van der Waals surface area (Å²) in [5.74, 6) is 0.652. The van der Waals surface area contributed by atoms with E-state index in [-0.39, 0.29) is 5.60 Å². The van der Waals surface area contributed by atoms with Crippen LogP contribution in [0.3, 0.4) is 0 Å². The molecule has 0 aromatic rings. The van der Waals surface area contributed by atoms with Crippen molar-refractivity contribution in [1.29, 1.82) is 0 Å². The van der Waals surface area contributed by atoms with E-state index in [1.165, 1.54) is 6.42 Å². The average molecular weight is 168 g/mol. The summed E-state index contributed by atoms with van der Waals surface area (Å²) in [7, 11) is 0. The van der Waals surface area contributed by atoms with E-state index in [0.717, 1.165) is 25.5 Å². The van der Waals surface area contributed by atoms with Crippen molar-refractivity contribution >= 4 is 6.29 Å². The summed E-state index contributed by atoms with van der Waals surface area (Å²) in [4.78, 5) is 10.7. The molecule has 0 radical (unpaired) electrons.